The van der Waals surface area contributed by atoms with Crippen molar-refractivity contribution in [3.05, 3.63) is 42.1 Å². The summed E-state index contributed by atoms with van der Waals surface area (Å²) in [6, 6.07) is 11.4. The number of nitrogens with zero attached hydrogens (tertiary/aromatic N) is 2. The first-order chi connectivity index (χ1) is 12.1. The fourth-order valence-corrected chi connectivity index (χ4v) is 3.27. The lowest BCUT2D eigenvalue weighted by molar-refractivity contribution is 0.0564. The first-order valence-electron chi connectivity index (χ1n) is 8.81. The third-order valence-electron chi connectivity index (χ3n) is 4.76. The van der Waals surface area contributed by atoms with Crippen LogP contribution in [0.25, 0.3) is 11.3 Å². The van der Waals surface area contributed by atoms with E-state index in [1.165, 1.54) is 0 Å². The Kier molecular flexibility index (Phi) is 5.71. The first kappa shape index (κ1) is 17.5. The highest BCUT2D eigenvalue weighted by molar-refractivity contribution is 5.73. The molecule has 1 aromatic heterocycles. The van der Waals surface area contributed by atoms with Crippen LogP contribution in [-0.2, 0) is 6.54 Å². The number of urea groups is 1. The van der Waals surface area contributed by atoms with Crippen molar-refractivity contribution in [3.8, 4) is 11.3 Å². The third kappa shape index (κ3) is 4.60. The Morgan fingerprint density at radius 2 is 2.08 bits per heavy atom. The second-order valence-electron chi connectivity index (χ2n) is 6.70. The summed E-state index contributed by atoms with van der Waals surface area (Å²) < 4.78 is 5.33. The molecule has 0 saturated heterocycles. The van der Waals surface area contributed by atoms with Crippen LogP contribution in [0.4, 0.5) is 4.79 Å². The lowest BCUT2D eigenvalue weighted by atomic mass is 9.86. The predicted molar refractivity (Wildman–Crippen MR) is 94.8 cm³/mol. The number of aliphatic hydroxyl groups is 1. The molecule has 2 unspecified atom stereocenters. The van der Waals surface area contributed by atoms with Crippen molar-refractivity contribution in [3.63, 3.8) is 0 Å². The van der Waals surface area contributed by atoms with Crippen LogP contribution in [0.1, 0.15) is 31.4 Å². The zero-order chi connectivity index (χ0) is 17.6. The quantitative estimate of drug-likeness (QED) is 0.875. The van der Waals surface area contributed by atoms with Gasteiger partial charge in [0.2, 0.25) is 0 Å². The molecular weight excluding hydrogens is 318 g/mol. The number of carbonyl (C=O) groups is 1. The average Bonchev–Trinajstić information content (AvgIpc) is 3.11. The van der Waals surface area contributed by atoms with E-state index >= 15 is 0 Å². The van der Waals surface area contributed by atoms with E-state index in [-0.39, 0.29) is 18.1 Å². The monoisotopic (exact) mass is 343 g/mol. The molecule has 3 rings (SSSR count). The van der Waals surface area contributed by atoms with E-state index in [4.69, 9.17) is 4.52 Å². The van der Waals surface area contributed by atoms with Gasteiger partial charge in [-0.05, 0) is 12.8 Å². The van der Waals surface area contributed by atoms with Gasteiger partial charge in [-0.3, -0.25) is 0 Å². The van der Waals surface area contributed by atoms with E-state index in [0.717, 1.165) is 31.2 Å². The fraction of sp³-hybridized carbons (Fsp3) is 0.474. The molecule has 134 valence electrons. The number of amides is 2. The maximum atomic E-state index is 12.2. The van der Waals surface area contributed by atoms with Crippen molar-refractivity contribution in [2.45, 2.75) is 38.3 Å². The van der Waals surface area contributed by atoms with Crippen molar-refractivity contribution in [2.24, 2.45) is 5.92 Å². The Balaban J connectivity index is 1.49. The molecule has 1 heterocycles. The minimum absolute atomic E-state index is 0.165. The molecule has 2 atom stereocenters. The SMILES string of the molecule is CN(CC1CCCCC1O)C(=O)NCc1cc(-c2ccccc2)on1. The van der Waals surface area contributed by atoms with Crippen molar-refractivity contribution in [1.29, 1.82) is 0 Å². The van der Waals surface area contributed by atoms with E-state index in [1.54, 1.807) is 11.9 Å². The van der Waals surface area contributed by atoms with E-state index in [2.05, 4.69) is 10.5 Å². The normalized spacial score (nSPS) is 20.2. The minimum Gasteiger partial charge on any atom is -0.393 e. The Bertz CT molecular complexity index is 686. The van der Waals surface area contributed by atoms with Crippen LogP contribution in [0.15, 0.2) is 40.9 Å². The summed E-state index contributed by atoms with van der Waals surface area (Å²) >= 11 is 0. The van der Waals surface area contributed by atoms with Gasteiger partial charge in [0.1, 0.15) is 5.69 Å². The van der Waals surface area contributed by atoms with Crippen LogP contribution in [0, 0.1) is 5.92 Å². The molecule has 2 N–H and O–H groups in total. The molecule has 6 nitrogen and oxygen atoms in total. The fourth-order valence-electron chi connectivity index (χ4n) is 3.27. The van der Waals surface area contributed by atoms with Gasteiger partial charge in [0, 0.05) is 31.1 Å². The number of hydrogen-bond donors (Lipinski definition) is 2. The topological polar surface area (TPSA) is 78.6 Å². The van der Waals surface area contributed by atoms with Crippen molar-refractivity contribution >= 4 is 6.03 Å². The zero-order valence-corrected chi connectivity index (χ0v) is 14.5. The highest BCUT2D eigenvalue weighted by atomic mass is 16.5. The number of rotatable bonds is 5. The molecule has 1 saturated carbocycles. The largest absolute Gasteiger partial charge is 0.393 e. The maximum Gasteiger partial charge on any atom is 0.317 e. The first-order valence-corrected chi connectivity index (χ1v) is 8.81. The summed E-state index contributed by atoms with van der Waals surface area (Å²) in [5.74, 6) is 0.852. The molecule has 2 aromatic rings. The summed E-state index contributed by atoms with van der Waals surface area (Å²) in [4.78, 5) is 13.9. The molecule has 0 aliphatic heterocycles. The molecule has 2 amide bonds. The van der Waals surface area contributed by atoms with Crippen molar-refractivity contribution in [2.75, 3.05) is 13.6 Å². The highest BCUT2D eigenvalue weighted by Crippen LogP contribution is 2.25. The minimum atomic E-state index is -0.298. The smallest absolute Gasteiger partial charge is 0.317 e. The number of benzene rings is 1. The van der Waals surface area contributed by atoms with Gasteiger partial charge in [0.15, 0.2) is 5.76 Å². The summed E-state index contributed by atoms with van der Waals surface area (Å²) in [7, 11) is 1.76. The number of carbonyl (C=O) groups excluding carboxylic acids is 1. The number of aromatic nitrogens is 1. The molecule has 1 aliphatic carbocycles. The second kappa shape index (κ2) is 8.16. The van der Waals surface area contributed by atoms with Gasteiger partial charge in [-0.1, -0.05) is 48.3 Å². The standard InChI is InChI=1S/C19H25N3O3/c1-22(13-15-9-5-6-10-17(15)23)19(24)20-12-16-11-18(25-21-16)14-7-3-2-4-8-14/h2-4,7-8,11,15,17,23H,5-6,9-10,12-13H2,1H3,(H,20,24). The zero-order valence-electron chi connectivity index (χ0n) is 14.5. The van der Waals surface area contributed by atoms with E-state index in [9.17, 15) is 9.90 Å². The van der Waals surface area contributed by atoms with Crippen molar-refractivity contribution in [1.82, 2.24) is 15.4 Å². The molecule has 1 aromatic carbocycles. The molecule has 0 radical (unpaired) electrons. The van der Waals surface area contributed by atoms with Crippen LogP contribution in [-0.4, -0.2) is 40.9 Å². The summed E-state index contributed by atoms with van der Waals surface area (Å²) in [5, 5.41) is 16.9. The van der Waals surface area contributed by atoms with Gasteiger partial charge < -0.3 is 19.8 Å². The summed E-state index contributed by atoms with van der Waals surface area (Å²) in [6.45, 7) is 0.883. The van der Waals surface area contributed by atoms with E-state index < -0.39 is 0 Å². The Hall–Kier alpha value is -2.34. The lowest BCUT2D eigenvalue weighted by Crippen LogP contribution is -2.42. The van der Waals surface area contributed by atoms with Crippen LogP contribution in [0.5, 0.6) is 0 Å². The molecule has 1 aliphatic rings. The highest BCUT2D eigenvalue weighted by Gasteiger charge is 2.25. The van der Waals surface area contributed by atoms with Gasteiger partial charge in [0.25, 0.3) is 0 Å². The molecular formula is C19H25N3O3. The molecule has 0 spiro atoms. The van der Waals surface area contributed by atoms with Gasteiger partial charge in [-0.2, -0.15) is 0 Å². The molecule has 0 bridgehead atoms. The van der Waals surface area contributed by atoms with Gasteiger partial charge >= 0.3 is 6.03 Å². The third-order valence-corrected chi connectivity index (χ3v) is 4.76. The Morgan fingerprint density at radius 1 is 1.32 bits per heavy atom. The van der Waals surface area contributed by atoms with Crippen LogP contribution in [0.3, 0.4) is 0 Å². The number of aliphatic hydroxyl groups excluding tert-OH is 1. The summed E-state index contributed by atoms with van der Waals surface area (Å²) in [6.07, 6.45) is 3.71. The van der Waals surface area contributed by atoms with Gasteiger partial charge in [-0.15, -0.1) is 0 Å². The van der Waals surface area contributed by atoms with Crippen LogP contribution < -0.4 is 5.32 Å². The van der Waals surface area contributed by atoms with Gasteiger partial charge in [-0.25, -0.2) is 4.79 Å². The van der Waals surface area contributed by atoms with Crippen LogP contribution >= 0.6 is 0 Å². The second-order valence-corrected chi connectivity index (χ2v) is 6.70. The van der Waals surface area contributed by atoms with E-state index in [0.29, 0.717) is 24.5 Å². The molecule has 25 heavy (non-hydrogen) atoms. The van der Waals surface area contributed by atoms with E-state index in [1.807, 2.05) is 36.4 Å². The Morgan fingerprint density at radius 3 is 2.84 bits per heavy atom. The van der Waals surface area contributed by atoms with Crippen LogP contribution in [0.2, 0.25) is 0 Å². The van der Waals surface area contributed by atoms with Crippen molar-refractivity contribution < 1.29 is 14.4 Å². The predicted octanol–water partition coefficient (Wildman–Crippen LogP) is 3.03. The van der Waals surface area contributed by atoms with Gasteiger partial charge in [0.05, 0.1) is 12.6 Å². The number of nitrogens with one attached hydrogen (secondary N) is 1. The maximum absolute atomic E-state index is 12.2. The molecule has 6 heteroatoms. The number of hydrogen-bond acceptors (Lipinski definition) is 4. The molecule has 1 fully saturated rings. The summed E-state index contributed by atoms with van der Waals surface area (Å²) in [5.41, 5.74) is 1.63. The lowest BCUT2D eigenvalue weighted by Gasteiger charge is -2.31. The average molecular weight is 343 g/mol. The Labute approximate surface area is 147 Å².